The number of hydrogen-bond donors (Lipinski definition) is 0. The van der Waals surface area contributed by atoms with Crippen LogP contribution in [0.5, 0.6) is 11.5 Å². The number of hydrogen-bond acceptors (Lipinski definition) is 6. The predicted molar refractivity (Wildman–Crippen MR) is 143 cm³/mol. The molecular weight excluding hydrogens is 508 g/mol. The van der Waals surface area contributed by atoms with E-state index in [1.165, 1.54) is 24.3 Å². The molecule has 0 atom stereocenters. The van der Waals surface area contributed by atoms with E-state index in [1.807, 2.05) is 39.8 Å². The summed E-state index contributed by atoms with van der Waals surface area (Å²) >= 11 is 0. The van der Waals surface area contributed by atoms with Crippen LogP contribution in [0.2, 0.25) is 0 Å². The molecule has 4 rings (SSSR count). The van der Waals surface area contributed by atoms with Gasteiger partial charge in [-0.3, -0.25) is 0 Å². The second-order valence-corrected chi connectivity index (χ2v) is 12.2. The van der Waals surface area contributed by atoms with Gasteiger partial charge in [0.2, 0.25) is 0 Å². The molecule has 0 spiro atoms. The van der Waals surface area contributed by atoms with Crippen molar-refractivity contribution >= 4 is 20.2 Å². The van der Waals surface area contributed by atoms with Crippen LogP contribution in [-0.4, -0.2) is 16.8 Å². The highest BCUT2D eigenvalue weighted by Gasteiger charge is 2.22. The molecule has 0 amide bonds. The predicted octanol–water partition coefficient (Wildman–Crippen LogP) is 6.05. The highest BCUT2D eigenvalue weighted by Crippen LogP contribution is 2.31. The molecule has 4 aromatic rings. The van der Waals surface area contributed by atoms with Gasteiger partial charge in [0, 0.05) is 17.5 Å². The smallest absolute Gasteiger partial charge is 0.339 e. The zero-order chi connectivity index (χ0) is 26.8. The van der Waals surface area contributed by atoms with Gasteiger partial charge in [-0.15, -0.1) is 0 Å². The maximum atomic E-state index is 13.0. The van der Waals surface area contributed by atoms with Gasteiger partial charge >= 0.3 is 20.2 Å². The summed E-state index contributed by atoms with van der Waals surface area (Å²) in [5, 5.41) is 0. The first-order chi connectivity index (χ1) is 17.4. The lowest BCUT2D eigenvalue weighted by atomic mass is 10.00. The summed E-state index contributed by atoms with van der Waals surface area (Å²) in [5.41, 5.74) is 4.83. The Bertz CT molecular complexity index is 1510. The van der Waals surface area contributed by atoms with Crippen molar-refractivity contribution in [1.29, 1.82) is 0 Å². The maximum absolute atomic E-state index is 13.0. The van der Waals surface area contributed by atoms with E-state index >= 15 is 0 Å². The van der Waals surface area contributed by atoms with E-state index in [1.54, 1.807) is 48.5 Å². The highest BCUT2D eigenvalue weighted by molar-refractivity contribution is 7.87. The zero-order valence-corrected chi connectivity index (χ0v) is 22.7. The summed E-state index contributed by atoms with van der Waals surface area (Å²) < 4.78 is 63.0. The minimum absolute atomic E-state index is 0.0494. The van der Waals surface area contributed by atoms with Crippen molar-refractivity contribution < 1.29 is 25.2 Å². The Hall–Kier alpha value is -3.62. The maximum Gasteiger partial charge on any atom is 0.339 e. The first-order valence-electron chi connectivity index (χ1n) is 11.6. The molecule has 0 aromatic heterocycles. The molecule has 0 aliphatic carbocycles. The van der Waals surface area contributed by atoms with Crippen LogP contribution in [0.25, 0.3) is 0 Å². The molecule has 37 heavy (non-hydrogen) atoms. The standard InChI is InChI=1S/C29H28O6S2/c1-20-5-11-26(12-6-20)36(30,31)34-28-15-9-22(3)17-24(28)19-25-18-23(4)10-16-29(25)35-37(32,33)27-13-7-21(2)8-14-27/h5-18H,19H2,1-4H3. The van der Waals surface area contributed by atoms with Gasteiger partial charge in [-0.1, -0.05) is 70.8 Å². The molecule has 0 aliphatic heterocycles. The van der Waals surface area contributed by atoms with Crippen molar-refractivity contribution in [3.05, 3.63) is 118 Å². The fourth-order valence-corrected chi connectivity index (χ4v) is 5.73. The quantitative estimate of drug-likeness (QED) is 0.255. The molecule has 0 heterocycles. The summed E-state index contributed by atoms with van der Waals surface area (Å²) in [4.78, 5) is 0.0989. The molecule has 0 N–H and O–H groups in total. The molecule has 8 heteroatoms. The van der Waals surface area contributed by atoms with E-state index in [0.717, 1.165) is 22.3 Å². The van der Waals surface area contributed by atoms with E-state index in [-0.39, 0.29) is 27.7 Å². The van der Waals surface area contributed by atoms with Gasteiger partial charge in [0.05, 0.1) is 0 Å². The van der Waals surface area contributed by atoms with Crippen LogP contribution in [0, 0.1) is 27.7 Å². The molecule has 0 saturated heterocycles. The largest absolute Gasteiger partial charge is 0.379 e. The van der Waals surface area contributed by atoms with Crippen LogP contribution < -0.4 is 8.37 Å². The second kappa shape index (κ2) is 10.4. The van der Waals surface area contributed by atoms with Gasteiger partial charge in [-0.05, 0) is 64.1 Å². The average molecular weight is 537 g/mol. The zero-order valence-electron chi connectivity index (χ0n) is 21.1. The Morgan fingerprint density at radius 2 is 0.811 bits per heavy atom. The van der Waals surface area contributed by atoms with Crippen molar-refractivity contribution in [3.63, 3.8) is 0 Å². The lowest BCUT2D eigenvalue weighted by Crippen LogP contribution is -2.12. The summed E-state index contributed by atoms with van der Waals surface area (Å²) in [7, 11) is -8.14. The Kier molecular flexibility index (Phi) is 7.43. The Morgan fingerprint density at radius 1 is 0.486 bits per heavy atom. The summed E-state index contributed by atoms with van der Waals surface area (Å²) in [6.45, 7) is 7.51. The third-order valence-electron chi connectivity index (χ3n) is 5.83. The molecule has 4 aromatic carbocycles. The van der Waals surface area contributed by atoms with Gasteiger partial charge < -0.3 is 8.37 Å². The average Bonchev–Trinajstić information content (AvgIpc) is 2.83. The Labute approximate surface area is 218 Å². The van der Waals surface area contributed by atoms with Crippen molar-refractivity contribution in [2.24, 2.45) is 0 Å². The minimum Gasteiger partial charge on any atom is -0.379 e. The van der Waals surface area contributed by atoms with Crippen LogP contribution in [0.15, 0.2) is 94.7 Å². The molecule has 0 radical (unpaired) electrons. The fraction of sp³-hybridized carbons (Fsp3) is 0.172. The van der Waals surface area contributed by atoms with E-state index < -0.39 is 20.2 Å². The molecule has 0 unspecified atom stereocenters. The third kappa shape index (κ3) is 6.39. The summed E-state index contributed by atoms with van der Waals surface area (Å²) in [6.07, 6.45) is 0.195. The van der Waals surface area contributed by atoms with Crippen LogP contribution in [0.3, 0.4) is 0 Å². The van der Waals surface area contributed by atoms with E-state index in [0.29, 0.717) is 11.1 Å². The lowest BCUT2D eigenvalue weighted by Gasteiger charge is -2.16. The molecule has 0 aliphatic rings. The van der Waals surface area contributed by atoms with Crippen LogP contribution in [-0.2, 0) is 26.7 Å². The molecule has 6 nitrogen and oxygen atoms in total. The highest BCUT2D eigenvalue weighted by atomic mass is 32.2. The first-order valence-corrected chi connectivity index (χ1v) is 14.5. The van der Waals surface area contributed by atoms with Gasteiger partial charge in [-0.25, -0.2) is 0 Å². The van der Waals surface area contributed by atoms with Crippen molar-refractivity contribution in [1.82, 2.24) is 0 Å². The number of rotatable bonds is 8. The minimum atomic E-state index is -4.07. The van der Waals surface area contributed by atoms with Gasteiger partial charge in [0.25, 0.3) is 0 Å². The van der Waals surface area contributed by atoms with E-state index in [9.17, 15) is 16.8 Å². The molecular formula is C29H28O6S2. The molecule has 192 valence electrons. The van der Waals surface area contributed by atoms with Crippen molar-refractivity contribution in [2.75, 3.05) is 0 Å². The van der Waals surface area contributed by atoms with Crippen molar-refractivity contribution in [3.8, 4) is 11.5 Å². The molecule has 0 fully saturated rings. The molecule has 0 saturated carbocycles. The van der Waals surface area contributed by atoms with Crippen molar-refractivity contribution in [2.45, 2.75) is 43.9 Å². The monoisotopic (exact) mass is 536 g/mol. The van der Waals surface area contributed by atoms with E-state index in [4.69, 9.17) is 8.37 Å². The van der Waals surface area contributed by atoms with E-state index in [2.05, 4.69) is 0 Å². The fourth-order valence-electron chi connectivity index (χ4n) is 3.80. The summed E-state index contributed by atoms with van der Waals surface area (Å²) in [5.74, 6) is 0.333. The number of aryl methyl sites for hydroxylation is 4. The lowest BCUT2D eigenvalue weighted by molar-refractivity contribution is 0.481. The normalized spacial score (nSPS) is 11.8. The number of benzene rings is 4. The van der Waals surface area contributed by atoms with Gasteiger partial charge in [0.15, 0.2) is 0 Å². The van der Waals surface area contributed by atoms with Crippen LogP contribution in [0.4, 0.5) is 0 Å². The topological polar surface area (TPSA) is 86.7 Å². The summed E-state index contributed by atoms with van der Waals surface area (Å²) in [6, 6.07) is 23.2. The third-order valence-corrected chi connectivity index (χ3v) is 8.33. The SMILES string of the molecule is Cc1ccc(S(=O)(=O)Oc2ccc(C)cc2Cc2cc(C)ccc2OS(=O)(=O)c2ccc(C)cc2)cc1. The Morgan fingerprint density at radius 3 is 1.16 bits per heavy atom. The van der Waals surface area contributed by atoms with Gasteiger partial charge in [-0.2, -0.15) is 16.8 Å². The molecule has 0 bridgehead atoms. The Balaban J connectivity index is 1.69. The van der Waals surface area contributed by atoms with Crippen LogP contribution in [0.1, 0.15) is 33.4 Å². The first kappa shape index (κ1) is 26.4. The van der Waals surface area contributed by atoms with Crippen LogP contribution >= 0.6 is 0 Å². The second-order valence-electron chi connectivity index (χ2n) is 9.10. The van der Waals surface area contributed by atoms with Gasteiger partial charge in [0.1, 0.15) is 21.3 Å².